The van der Waals surface area contributed by atoms with Crippen molar-refractivity contribution in [3.8, 4) is 0 Å². The molecule has 1 aliphatic heterocycles. The van der Waals surface area contributed by atoms with E-state index in [4.69, 9.17) is 5.11 Å². The number of hydrogen-bond acceptors (Lipinski definition) is 2. The molecule has 4 nitrogen and oxygen atoms in total. The molecule has 4 heteroatoms. The number of nitrogens with zero attached hydrogens (tertiary/aromatic N) is 1. The van der Waals surface area contributed by atoms with E-state index < -0.39 is 6.09 Å². The van der Waals surface area contributed by atoms with Crippen molar-refractivity contribution in [2.24, 2.45) is 5.92 Å². The molecule has 0 aromatic carbocycles. The highest BCUT2D eigenvalue weighted by Gasteiger charge is 2.16. The number of piperidine rings is 1. The summed E-state index contributed by atoms with van der Waals surface area (Å²) in [4.78, 5) is 11.8. The molecule has 1 aliphatic rings. The molecule has 0 bridgehead atoms. The standard InChI is InChI=1S/C8H16N2O2/c1-10(8(11)12)6-7-3-2-4-9-5-7/h7,9H,2-6H2,1H3,(H,11,12)/t7-/m0/s1. The number of amides is 1. The summed E-state index contributed by atoms with van der Waals surface area (Å²) in [6.45, 7) is 2.69. The van der Waals surface area contributed by atoms with Crippen LogP contribution in [0.2, 0.25) is 0 Å². The number of carboxylic acid groups (broad SMARTS) is 1. The van der Waals surface area contributed by atoms with Gasteiger partial charge in [0.1, 0.15) is 0 Å². The van der Waals surface area contributed by atoms with E-state index in [1.165, 1.54) is 4.90 Å². The third kappa shape index (κ3) is 2.70. The number of hydrogen-bond donors (Lipinski definition) is 2. The van der Waals surface area contributed by atoms with Gasteiger partial charge in [-0.3, -0.25) is 0 Å². The number of carbonyl (C=O) groups is 1. The Morgan fingerprint density at radius 2 is 2.50 bits per heavy atom. The van der Waals surface area contributed by atoms with Crippen LogP contribution < -0.4 is 5.32 Å². The lowest BCUT2D eigenvalue weighted by Crippen LogP contribution is -2.38. The minimum Gasteiger partial charge on any atom is -0.465 e. The van der Waals surface area contributed by atoms with E-state index in [1.54, 1.807) is 7.05 Å². The maximum absolute atomic E-state index is 10.5. The lowest BCUT2D eigenvalue weighted by atomic mass is 9.99. The summed E-state index contributed by atoms with van der Waals surface area (Å²) in [5.74, 6) is 0.500. The van der Waals surface area contributed by atoms with Crippen molar-refractivity contribution in [3.05, 3.63) is 0 Å². The zero-order valence-electron chi connectivity index (χ0n) is 7.42. The molecular formula is C8H16N2O2. The fourth-order valence-electron chi connectivity index (χ4n) is 1.55. The summed E-state index contributed by atoms with van der Waals surface area (Å²) in [5, 5.41) is 11.9. The van der Waals surface area contributed by atoms with Gasteiger partial charge in [-0.05, 0) is 31.8 Å². The highest BCUT2D eigenvalue weighted by molar-refractivity contribution is 5.64. The molecule has 70 valence electrons. The van der Waals surface area contributed by atoms with Crippen LogP contribution in [0.4, 0.5) is 4.79 Å². The van der Waals surface area contributed by atoms with Crippen LogP contribution in [0.5, 0.6) is 0 Å². The van der Waals surface area contributed by atoms with Gasteiger partial charge in [-0.1, -0.05) is 0 Å². The molecule has 0 saturated carbocycles. The van der Waals surface area contributed by atoms with E-state index in [0.717, 1.165) is 25.9 Å². The molecule has 1 heterocycles. The van der Waals surface area contributed by atoms with Gasteiger partial charge in [0.15, 0.2) is 0 Å². The van der Waals surface area contributed by atoms with E-state index in [-0.39, 0.29) is 0 Å². The lowest BCUT2D eigenvalue weighted by Gasteiger charge is -2.25. The van der Waals surface area contributed by atoms with E-state index in [0.29, 0.717) is 12.5 Å². The first-order chi connectivity index (χ1) is 5.70. The van der Waals surface area contributed by atoms with Crippen LogP contribution >= 0.6 is 0 Å². The Kier molecular flexibility index (Phi) is 3.34. The van der Waals surface area contributed by atoms with Gasteiger partial charge in [0.25, 0.3) is 0 Å². The molecular weight excluding hydrogens is 156 g/mol. The Balaban J connectivity index is 2.24. The monoisotopic (exact) mass is 172 g/mol. The fraction of sp³-hybridized carbons (Fsp3) is 0.875. The third-order valence-corrected chi connectivity index (χ3v) is 2.26. The summed E-state index contributed by atoms with van der Waals surface area (Å²) >= 11 is 0. The van der Waals surface area contributed by atoms with Gasteiger partial charge in [0, 0.05) is 13.6 Å². The molecule has 0 spiro atoms. The second kappa shape index (κ2) is 4.30. The lowest BCUT2D eigenvalue weighted by molar-refractivity contribution is 0.145. The van der Waals surface area contributed by atoms with Gasteiger partial charge in [-0.25, -0.2) is 4.79 Å². The van der Waals surface area contributed by atoms with Crippen LogP contribution in [-0.2, 0) is 0 Å². The van der Waals surface area contributed by atoms with E-state index >= 15 is 0 Å². The van der Waals surface area contributed by atoms with Crippen LogP contribution in [0.3, 0.4) is 0 Å². The smallest absolute Gasteiger partial charge is 0.407 e. The third-order valence-electron chi connectivity index (χ3n) is 2.26. The van der Waals surface area contributed by atoms with E-state index in [2.05, 4.69) is 5.32 Å². The Labute approximate surface area is 72.6 Å². The summed E-state index contributed by atoms with van der Waals surface area (Å²) in [7, 11) is 1.62. The van der Waals surface area contributed by atoms with Gasteiger partial charge < -0.3 is 15.3 Å². The second-order valence-corrected chi connectivity index (χ2v) is 3.38. The molecule has 2 N–H and O–H groups in total. The molecule has 1 amide bonds. The molecule has 0 aromatic heterocycles. The van der Waals surface area contributed by atoms with Gasteiger partial charge in [0.2, 0.25) is 0 Å². The minimum atomic E-state index is -0.833. The molecule has 1 rings (SSSR count). The first-order valence-electron chi connectivity index (χ1n) is 4.35. The minimum absolute atomic E-state index is 0.500. The molecule has 12 heavy (non-hydrogen) atoms. The van der Waals surface area contributed by atoms with E-state index in [9.17, 15) is 4.79 Å². The van der Waals surface area contributed by atoms with Crippen LogP contribution in [0.25, 0.3) is 0 Å². The Hall–Kier alpha value is -0.770. The maximum Gasteiger partial charge on any atom is 0.407 e. The van der Waals surface area contributed by atoms with Crippen molar-refractivity contribution in [1.82, 2.24) is 10.2 Å². The van der Waals surface area contributed by atoms with Gasteiger partial charge in [0.05, 0.1) is 0 Å². The van der Waals surface area contributed by atoms with Crippen molar-refractivity contribution in [2.45, 2.75) is 12.8 Å². The predicted molar refractivity (Wildman–Crippen MR) is 46.2 cm³/mol. The first kappa shape index (κ1) is 9.32. The highest BCUT2D eigenvalue weighted by atomic mass is 16.4. The van der Waals surface area contributed by atoms with Crippen molar-refractivity contribution in [2.75, 3.05) is 26.7 Å². The quantitative estimate of drug-likeness (QED) is 0.641. The number of rotatable bonds is 2. The molecule has 0 unspecified atom stereocenters. The molecule has 1 atom stereocenters. The van der Waals surface area contributed by atoms with Gasteiger partial charge in [-0.15, -0.1) is 0 Å². The van der Waals surface area contributed by atoms with Gasteiger partial charge >= 0.3 is 6.09 Å². The van der Waals surface area contributed by atoms with Gasteiger partial charge in [-0.2, -0.15) is 0 Å². The zero-order valence-corrected chi connectivity index (χ0v) is 7.42. The number of nitrogens with one attached hydrogen (secondary N) is 1. The summed E-state index contributed by atoms with van der Waals surface area (Å²) in [5.41, 5.74) is 0. The maximum atomic E-state index is 10.5. The van der Waals surface area contributed by atoms with Crippen LogP contribution in [0, 0.1) is 5.92 Å². The Morgan fingerprint density at radius 1 is 1.75 bits per heavy atom. The first-order valence-corrected chi connectivity index (χ1v) is 4.35. The zero-order chi connectivity index (χ0) is 8.97. The molecule has 1 fully saturated rings. The predicted octanol–water partition coefficient (Wildman–Crippen LogP) is 0.596. The largest absolute Gasteiger partial charge is 0.465 e. The van der Waals surface area contributed by atoms with Crippen molar-refractivity contribution in [3.63, 3.8) is 0 Å². The fourth-order valence-corrected chi connectivity index (χ4v) is 1.55. The summed E-state index contributed by atoms with van der Waals surface area (Å²) in [6, 6.07) is 0. The summed E-state index contributed by atoms with van der Waals surface area (Å²) in [6.07, 6.45) is 1.48. The normalized spacial score (nSPS) is 23.6. The molecule has 1 saturated heterocycles. The Bertz CT molecular complexity index is 155. The van der Waals surface area contributed by atoms with Crippen molar-refractivity contribution < 1.29 is 9.90 Å². The average molecular weight is 172 g/mol. The van der Waals surface area contributed by atoms with Crippen LogP contribution in [-0.4, -0.2) is 42.8 Å². The average Bonchev–Trinajstić information content (AvgIpc) is 2.06. The molecule has 0 aromatic rings. The SMILES string of the molecule is CN(C[C@H]1CCCNC1)C(=O)O. The molecule has 0 radical (unpaired) electrons. The van der Waals surface area contributed by atoms with Crippen LogP contribution in [0.15, 0.2) is 0 Å². The Morgan fingerprint density at radius 3 is 3.00 bits per heavy atom. The topological polar surface area (TPSA) is 52.6 Å². The van der Waals surface area contributed by atoms with E-state index in [1.807, 2.05) is 0 Å². The van der Waals surface area contributed by atoms with Crippen LogP contribution in [0.1, 0.15) is 12.8 Å². The van der Waals surface area contributed by atoms with Crippen molar-refractivity contribution >= 4 is 6.09 Å². The highest BCUT2D eigenvalue weighted by Crippen LogP contribution is 2.10. The van der Waals surface area contributed by atoms with Crippen molar-refractivity contribution in [1.29, 1.82) is 0 Å². The second-order valence-electron chi connectivity index (χ2n) is 3.38. The summed E-state index contributed by atoms with van der Waals surface area (Å²) < 4.78 is 0. The molecule has 0 aliphatic carbocycles.